The molecule has 2 aromatic rings. The Morgan fingerprint density at radius 1 is 1.46 bits per heavy atom. The zero-order valence-electron chi connectivity index (χ0n) is 7.70. The summed E-state index contributed by atoms with van der Waals surface area (Å²) >= 11 is 0. The normalized spacial score (nSPS) is 10.9. The van der Waals surface area contributed by atoms with Crippen molar-refractivity contribution < 1.29 is 0 Å². The maximum atomic E-state index is 5.55. The molecular weight excluding hydrogens is 162 g/mol. The number of fused-ring (bicyclic) bond motifs is 1. The molecule has 2 rings (SSSR count). The van der Waals surface area contributed by atoms with Gasteiger partial charge in [0.2, 0.25) is 0 Å². The predicted molar refractivity (Wildman–Crippen MR) is 53.3 cm³/mol. The molecule has 1 aromatic heterocycles. The van der Waals surface area contributed by atoms with Crippen molar-refractivity contribution in [2.75, 3.05) is 0 Å². The number of hydrogen-bond donors (Lipinski definition) is 1. The summed E-state index contributed by atoms with van der Waals surface area (Å²) in [5.74, 6) is 0. The molecule has 0 atom stereocenters. The zero-order valence-corrected chi connectivity index (χ0v) is 7.70. The van der Waals surface area contributed by atoms with E-state index >= 15 is 0 Å². The summed E-state index contributed by atoms with van der Waals surface area (Å²) in [4.78, 5) is 0. The topological polar surface area (TPSA) is 43.8 Å². The summed E-state index contributed by atoms with van der Waals surface area (Å²) in [6.45, 7) is 3.58. The Balaban J connectivity index is 2.57. The molecule has 3 heteroatoms. The number of nitrogens with zero attached hydrogens (tertiary/aromatic N) is 2. The Labute approximate surface area is 77.2 Å². The summed E-state index contributed by atoms with van der Waals surface area (Å²) in [7, 11) is 0. The summed E-state index contributed by atoms with van der Waals surface area (Å²) in [5.41, 5.74) is 7.75. The lowest BCUT2D eigenvalue weighted by molar-refractivity contribution is 0.668. The van der Waals surface area contributed by atoms with Crippen LogP contribution in [0.25, 0.3) is 10.9 Å². The molecule has 0 amide bonds. The SMILES string of the molecule is CCn1cc2cc(CN)ccc2n1. The second kappa shape index (κ2) is 3.18. The molecule has 0 radical (unpaired) electrons. The Hall–Kier alpha value is -1.35. The lowest BCUT2D eigenvalue weighted by atomic mass is 10.2. The molecule has 13 heavy (non-hydrogen) atoms. The van der Waals surface area contributed by atoms with E-state index < -0.39 is 0 Å². The zero-order chi connectivity index (χ0) is 9.26. The molecule has 3 nitrogen and oxygen atoms in total. The van der Waals surface area contributed by atoms with Crippen molar-refractivity contribution in [3.8, 4) is 0 Å². The van der Waals surface area contributed by atoms with Crippen molar-refractivity contribution in [1.29, 1.82) is 0 Å². The minimum absolute atomic E-state index is 0.591. The number of rotatable bonds is 2. The number of aryl methyl sites for hydroxylation is 1. The van der Waals surface area contributed by atoms with E-state index in [0.29, 0.717) is 6.54 Å². The van der Waals surface area contributed by atoms with Crippen molar-refractivity contribution in [3.05, 3.63) is 30.0 Å². The highest BCUT2D eigenvalue weighted by Gasteiger charge is 1.99. The summed E-state index contributed by atoms with van der Waals surface area (Å²) in [6, 6.07) is 6.13. The van der Waals surface area contributed by atoms with Crippen molar-refractivity contribution in [2.24, 2.45) is 5.73 Å². The van der Waals surface area contributed by atoms with Gasteiger partial charge in [0.15, 0.2) is 0 Å². The molecule has 1 aromatic carbocycles. The number of hydrogen-bond acceptors (Lipinski definition) is 2. The molecule has 0 aliphatic heterocycles. The lowest BCUT2D eigenvalue weighted by Crippen LogP contribution is -1.94. The van der Waals surface area contributed by atoms with Gasteiger partial charge in [-0.2, -0.15) is 5.10 Å². The fraction of sp³-hybridized carbons (Fsp3) is 0.300. The fourth-order valence-electron chi connectivity index (χ4n) is 1.42. The predicted octanol–water partition coefficient (Wildman–Crippen LogP) is 1.51. The average Bonchev–Trinajstić information content (AvgIpc) is 2.58. The third kappa shape index (κ3) is 1.42. The fourth-order valence-corrected chi connectivity index (χ4v) is 1.42. The quantitative estimate of drug-likeness (QED) is 0.752. The van der Waals surface area contributed by atoms with Gasteiger partial charge >= 0.3 is 0 Å². The molecule has 0 aliphatic rings. The summed E-state index contributed by atoms with van der Waals surface area (Å²) in [5, 5.41) is 5.55. The molecule has 0 saturated heterocycles. The largest absolute Gasteiger partial charge is 0.326 e. The van der Waals surface area contributed by atoms with Crippen LogP contribution in [0, 0.1) is 0 Å². The third-order valence-electron chi connectivity index (χ3n) is 2.18. The first-order valence-corrected chi connectivity index (χ1v) is 4.49. The number of aromatic nitrogens is 2. The van der Waals surface area contributed by atoms with Crippen LogP contribution in [0.1, 0.15) is 12.5 Å². The monoisotopic (exact) mass is 175 g/mol. The summed E-state index contributed by atoms with van der Waals surface area (Å²) < 4.78 is 1.94. The molecule has 2 N–H and O–H groups in total. The van der Waals surface area contributed by atoms with E-state index in [1.165, 1.54) is 5.39 Å². The van der Waals surface area contributed by atoms with Gasteiger partial charge in [-0.05, 0) is 24.6 Å². The van der Waals surface area contributed by atoms with E-state index in [1.54, 1.807) is 0 Å². The average molecular weight is 175 g/mol. The Bertz CT molecular complexity index is 415. The smallest absolute Gasteiger partial charge is 0.0923 e. The first kappa shape index (κ1) is 8.26. The molecule has 68 valence electrons. The van der Waals surface area contributed by atoms with E-state index in [-0.39, 0.29) is 0 Å². The van der Waals surface area contributed by atoms with Gasteiger partial charge in [-0.1, -0.05) is 6.07 Å². The van der Waals surface area contributed by atoms with Crippen LogP contribution < -0.4 is 5.73 Å². The Morgan fingerprint density at radius 2 is 2.31 bits per heavy atom. The van der Waals surface area contributed by atoms with Crippen LogP contribution >= 0.6 is 0 Å². The molecular formula is C10H13N3. The van der Waals surface area contributed by atoms with E-state index in [2.05, 4.69) is 24.3 Å². The highest BCUT2D eigenvalue weighted by Crippen LogP contribution is 2.13. The first-order valence-electron chi connectivity index (χ1n) is 4.49. The van der Waals surface area contributed by atoms with Gasteiger partial charge in [0.25, 0.3) is 0 Å². The van der Waals surface area contributed by atoms with Crippen LogP contribution in [-0.4, -0.2) is 9.78 Å². The van der Waals surface area contributed by atoms with Crippen LogP contribution in [-0.2, 0) is 13.1 Å². The number of benzene rings is 1. The molecule has 0 aliphatic carbocycles. The highest BCUT2D eigenvalue weighted by atomic mass is 15.3. The van der Waals surface area contributed by atoms with Crippen LogP contribution in [0.4, 0.5) is 0 Å². The van der Waals surface area contributed by atoms with E-state index in [1.807, 2.05) is 16.8 Å². The van der Waals surface area contributed by atoms with E-state index in [9.17, 15) is 0 Å². The molecule has 0 saturated carbocycles. The van der Waals surface area contributed by atoms with Gasteiger partial charge < -0.3 is 5.73 Å². The highest BCUT2D eigenvalue weighted by molar-refractivity contribution is 5.78. The second-order valence-electron chi connectivity index (χ2n) is 3.08. The maximum Gasteiger partial charge on any atom is 0.0923 e. The molecule has 0 unspecified atom stereocenters. The molecule has 0 bridgehead atoms. The lowest BCUT2D eigenvalue weighted by Gasteiger charge is -1.93. The number of nitrogens with two attached hydrogens (primary N) is 1. The van der Waals surface area contributed by atoms with Crippen molar-refractivity contribution in [1.82, 2.24) is 9.78 Å². The van der Waals surface area contributed by atoms with Gasteiger partial charge in [-0.3, -0.25) is 4.68 Å². The van der Waals surface area contributed by atoms with E-state index in [4.69, 9.17) is 5.73 Å². The van der Waals surface area contributed by atoms with Gasteiger partial charge in [0.05, 0.1) is 5.52 Å². The maximum absolute atomic E-state index is 5.55. The van der Waals surface area contributed by atoms with Gasteiger partial charge in [-0.15, -0.1) is 0 Å². The van der Waals surface area contributed by atoms with Crippen molar-refractivity contribution >= 4 is 10.9 Å². The van der Waals surface area contributed by atoms with Gasteiger partial charge in [-0.25, -0.2) is 0 Å². The van der Waals surface area contributed by atoms with Crippen LogP contribution in [0.2, 0.25) is 0 Å². The van der Waals surface area contributed by atoms with Gasteiger partial charge in [0, 0.05) is 24.7 Å². The molecule has 0 spiro atoms. The standard InChI is InChI=1S/C10H13N3/c1-2-13-7-9-5-8(6-11)3-4-10(9)12-13/h3-5,7H,2,6,11H2,1H3. The summed E-state index contributed by atoms with van der Waals surface area (Å²) in [6.07, 6.45) is 2.05. The van der Waals surface area contributed by atoms with Crippen molar-refractivity contribution in [3.63, 3.8) is 0 Å². The minimum Gasteiger partial charge on any atom is -0.326 e. The van der Waals surface area contributed by atoms with Crippen LogP contribution in [0.15, 0.2) is 24.4 Å². The minimum atomic E-state index is 0.591. The third-order valence-corrected chi connectivity index (χ3v) is 2.18. The molecule has 0 fully saturated rings. The van der Waals surface area contributed by atoms with Crippen LogP contribution in [0.3, 0.4) is 0 Å². The van der Waals surface area contributed by atoms with E-state index in [0.717, 1.165) is 17.6 Å². The second-order valence-corrected chi connectivity index (χ2v) is 3.08. The first-order chi connectivity index (χ1) is 6.33. The molecule has 1 heterocycles. The Morgan fingerprint density at radius 3 is 3.00 bits per heavy atom. The van der Waals surface area contributed by atoms with Gasteiger partial charge in [0.1, 0.15) is 0 Å². The van der Waals surface area contributed by atoms with Crippen LogP contribution in [0.5, 0.6) is 0 Å². The van der Waals surface area contributed by atoms with Crippen molar-refractivity contribution in [2.45, 2.75) is 20.0 Å². The Kier molecular flexibility index (Phi) is 2.02.